The first-order valence-corrected chi connectivity index (χ1v) is 7.74. The zero-order chi connectivity index (χ0) is 15.0. The van der Waals surface area contributed by atoms with Crippen LogP contribution in [0.3, 0.4) is 0 Å². The van der Waals surface area contributed by atoms with Crippen LogP contribution >= 0.6 is 11.8 Å². The van der Waals surface area contributed by atoms with Crippen molar-refractivity contribution in [3.8, 4) is 0 Å². The number of rotatable bonds is 7. The van der Waals surface area contributed by atoms with Gasteiger partial charge in [-0.3, -0.25) is 0 Å². The van der Waals surface area contributed by atoms with Crippen LogP contribution in [0, 0.1) is 6.92 Å². The number of urea groups is 1. The molecule has 0 aliphatic heterocycles. The van der Waals surface area contributed by atoms with Gasteiger partial charge in [0.25, 0.3) is 0 Å². The highest BCUT2D eigenvalue weighted by atomic mass is 32.2. The van der Waals surface area contributed by atoms with Crippen molar-refractivity contribution in [3.63, 3.8) is 0 Å². The Morgan fingerprint density at radius 3 is 2.65 bits per heavy atom. The molecule has 0 aromatic heterocycles. The Hall–Kier alpha value is -1.69. The quantitative estimate of drug-likeness (QED) is 0.719. The maximum absolute atomic E-state index is 11.7. The van der Waals surface area contributed by atoms with Crippen molar-refractivity contribution in [3.05, 3.63) is 35.4 Å². The molecule has 0 aliphatic carbocycles. The number of carboxylic acids is 1. The summed E-state index contributed by atoms with van der Waals surface area (Å²) in [5, 5.41) is 14.2. The zero-order valence-electron chi connectivity index (χ0n) is 11.7. The van der Waals surface area contributed by atoms with E-state index in [4.69, 9.17) is 5.11 Å². The molecule has 1 aromatic rings. The molecule has 20 heavy (non-hydrogen) atoms. The van der Waals surface area contributed by atoms with Gasteiger partial charge in [-0.2, -0.15) is 11.8 Å². The maximum atomic E-state index is 11.7. The second-order valence-electron chi connectivity index (χ2n) is 4.43. The summed E-state index contributed by atoms with van der Waals surface area (Å²) in [5.74, 6) is -0.320. The summed E-state index contributed by atoms with van der Waals surface area (Å²) in [7, 11) is 0. The highest BCUT2D eigenvalue weighted by molar-refractivity contribution is 7.98. The molecule has 3 N–H and O–H groups in total. The van der Waals surface area contributed by atoms with Gasteiger partial charge in [0.05, 0.1) is 0 Å². The van der Waals surface area contributed by atoms with Crippen LogP contribution in [-0.4, -0.2) is 35.2 Å². The first kappa shape index (κ1) is 16.4. The minimum Gasteiger partial charge on any atom is -0.480 e. The van der Waals surface area contributed by atoms with E-state index in [-0.39, 0.29) is 0 Å². The van der Waals surface area contributed by atoms with E-state index in [9.17, 15) is 9.59 Å². The number of carboxylic acid groups (broad SMARTS) is 1. The molecule has 0 radical (unpaired) electrons. The van der Waals surface area contributed by atoms with E-state index in [2.05, 4.69) is 10.6 Å². The van der Waals surface area contributed by atoms with E-state index < -0.39 is 18.0 Å². The summed E-state index contributed by atoms with van der Waals surface area (Å²) in [6, 6.07) is 6.43. The first-order chi connectivity index (χ1) is 9.54. The van der Waals surface area contributed by atoms with Crippen LogP contribution in [0.15, 0.2) is 24.3 Å². The molecule has 0 heterocycles. The predicted molar refractivity (Wildman–Crippen MR) is 81.0 cm³/mol. The number of hydrogen-bond donors (Lipinski definition) is 3. The molecule has 0 spiro atoms. The Bertz CT molecular complexity index is 465. The molecule has 0 bridgehead atoms. The summed E-state index contributed by atoms with van der Waals surface area (Å²) >= 11 is 1.55. The normalized spacial score (nSPS) is 11.7. The van der Waals surface area contributed by atoms with Crippen molar-refractivity contribution in [1.29, 1.82) is 0 Å². The van der Waals surface area contributed by atoms with Gasteiger partial charge < -0.3 is 15.7 Å². The van der Waals surface area contributed by atoms with Crippen molar-refractivity contribution in [2.75, 3.05) is 12.0 Å². The van der Waals surface area contributed by atoms with E-state index in [1.165, 1.54) is 0 Å². The number of amides is 2. The first-order valence-electron chi connectivity index (χ1n) is 6.35. The SMILES string of the molecule is CSCC[C@@H](NC(=O)NCc1ccccc1C)C(=O)O. The number of benzene rings is 1. The summed E-state index contributed by atoms with van der Waals surface area (Å²) < 4.78 is 0. The number of nitrogens with one attached hydrogen (secondary N) is 2. The molecular formula is C14H20N2O3S. The summed E-state index contributed by atoms with van der Waals surface area (Å²) in [6.07, 6.45) is 2.31. The smallest absolute Gasteiger partial charge is 0.326 e. The third-order valence-corrected chi connectivity index (χ3v) is 3.56. The molecule has 5 nitrogen and oxygen atoms in total. The average molecular weight is 296 g/mol. The molecule has 0 unspecified atom stereocenters. The van der Waals surface area contributed by atoms with Gasteiger partial charge in [0.1, 0.15) is 6.04 Å². The largest absolute Gasteiger partial charge is 0.480 e. The maximum Gasteiger partial charge on any atom is 0.326 e. The van der Waals surface area contributed by atoms with Gasteiger partial charge >= 0.3 is 12.0 Å². The van der Waals surface area contributed by atoms with Crippen molar-refractivity contribution in [2.45, 2.75) is 25.9 Å². The third kappa shape index (κ3) is 5.52. The number of thioether (sulfide) groups is 1. The Kier molecular flexibility index (Phi) is 6.93. The monoisotopic (exact) mass is 296 g/mol. The van der Waals surface area contributed by atoms with Crippen LogP contribution in [0.5, 0.6) is 0 Å². The van der Waals surface area contributed by atoms with Crippen molar-refractivity contribution in [2.24, 2.45) is 0 Å². The standard InChI is InChI=1S/C14H20N2O3S/c1-10-5-3-4-6-11(10)9-15-14(19)16-12(13(17)18)7-8-20-2/h3-6,12H,7-9H2,1-2H3,(H,17,18)(H2,15,16,19)/t12-/m1/s1. The van der Waals surface area contributed by atoms with Crippen molar-refractivity contribution < 1.29 is 14.7 Å². The average Bonchev–Trinajstić information content (AvgIpc) is 2.42. The molecule has 0 saturated heterocycles. The summed E-state index contributed by atoms with van der Waals surface area (Å²) in [6.45, 7) is 2.35. The number of hydrogen-bond acceptors (Lipinski definition) is 3. The van der Waals surface area contributed by atoms with E-state index in [1.807, 2.05) is 37.4 Å². The Morgan fingerprint density at radius 2 is 2.05 bits per heavy atom. The molecule has 1 rings (SSSR count). The van der Waals surface area contributed by atoms with Crippen LogP contribution in [0.4, 0.5) is 4.79 Å². The highest BCUT2D eigenvalue weighted by Crippen LogP contribution is 2.06. The summed E-state index contributed by atoms with van der Waals surface area (Å²) in [4.78, 5) is 22.7. The molecule has 0 saturated carbocycles. The van der Waals surface area contributed by atoms with E-state index in [0.717, 1.165) is 11.1 Å². The van der Waals surface area contributed by atoms with Gasteiger partial charge in [-0.05, 0) is 36.5 Å². The predicted octanol–water partition coefficient (Wildman–Crippen LogP) is 2.00. The number of carbonyl (C=O) groups excluding carboxylic acids is 1. The number of aliphatic carboxylic acids is 1. The lowest BCUT2D eigenvalue weighted by molar-refractivity contribution is -0.139. The Labute approximate surface area is 123 Å². The van der Waals surface area contributed by atoms with E-state index >= 15 is 0 Å². The molecule has 0 aliphatic rings. The van der Waals surface area contributed by atoms with Crippen LogP contribution in [0.1, 0.15) is 17.5 Å². The van der Waals surface area contributed by atoms with Gasteiger partial charge in [0.2, 0.25) is 0 Å². The lowest BCUT2D eigenvalue weighted by Gasteiger charge is -2.15. The van der Waals surface area contributed by atoms with Crippen molar-refractivity contribution >= 4 is 23.8 Å². The van der Waals surface area contributed by atoms with Gasteiger partial charge in [-0.15, -0.1) is 0 Å². The molecular weight excluding hydrogens is 276 g/mol. The Balaban J connectivity index is 2.46. The second-order valence-corrected chi connectivity index (χ2v) is 5.41. The zero-order valence-corrected chi connectivity index (χ0v) is 12.5. The fraction of sp³-hybridized carbons (Fsp3) is 0.429. The molecule has 1 aromatic carbocycles. The lowest BCUT2D eigenvalue weighted by atomic mass is 10.1. The highest BCUT2D eigenvalue weighted by Gasteiger charge is 2.19. The fourth-order valence-electron chi connectivity index (χ4n) is 1.69. The molecule has 2 amide bonds. The number of aryl methyl sites for hydroxylation is 1. The lowest BCUT2D eigenvalue weighted by Crippen LogP contribution is -2.46. The molecule has 110 valence electrons. The van der Waals surface area contributed by atoms with Gasteiger partial charge in [0.15, 0.2) is 0 Å². The van der Waals surface area contributed by atoms with Gasteiger partial charge in [-0.25, -0.2) is 9.59 Å². The van der Waals surface area contributed by atoms with Gasteiger partial charge in [0, 0.05) is 6.54 Å². The third-order valence-electron chi connectivity index (χ3n) is 2.91. The minimum absolute atomic E-state index is 0.382. The van der Waals surface area contributed by atoms with Crippen LogP contribution in [0.2, 0.25) is 0 Å². The minimum atomic E-state index is -1.01. The topological polar surface area (TPSA) is 78.4 Å². The fourth-order valence-corrected chi connectivity index (χ4v) is 2.16. The number of carbonyl (C=O) groups is 2. The summed E-state index contributed by atoms with van der Waals surface area (Å²) in [5.41, 5.74) is 2.10. The van der Waals surface area contributed by atoms with Crippen LogP contribution < -0.4 is 10.6 Å². The second kappa shape index (κ2) is 8.47. The molecule has 0 fully saturated rings. The van der Waals surface area contributed by atoms with Crippen LogP contribution in [0.25, 0.3) is 0 Å². The van der Waals surface area contributed by atoms with Crippen molar-refractivity contribution in [1.82, 2.24) is 10.6 Å². The Morgan fingerprint density at radius 1 is 1.35 bits per heavy atom. The van der Waals surface area contributed by atoms with E-state index in [0.29, 0.717) is 18.7 Å². The molecule has 6 heteroatoms. The molecule has 1 atom stereocenters. The van der Waals surface area contributed by atoms with Crippen LogP contribution in [-0.2, 0) is 11.3 Å². The van der Waals surface area contributed by atoms with E-state index in [1.54, 1.807) is 11.8 Å². The van der Waals surface area contributed by atoms with Gasteiger partial charge in [-0.1, -0.05) is 24.3 Å².